The maximum absolute atomic E-state index is 14.0. The molecule has 4 aromatic rings. The van der Waals surface area contributed by atoms with Crippen molar-refractivity contribution in [3.05, 3.63) is 83.9 Å². The first-order valence-electron chi connectivity index (χ1n) is 11.9. The summed E-state index contributed by atoms with van der Waals surface area (Å²) in [6.07, 6.45) is 0.600. The Bertz CT molecular complexity index is 1420. The standard InChI is InChI=1S/C28H27N3O5/c1-3-36-27(34)24-25(19-13-14-22(32)23(17-19)35-2)31-21-12-8-7-11-20(21)29-28(31)30(26(24)33)16-15-18-9-5-4-6-10-18/h4-14,17,24-25,32H,3,15-16H2,1-2H3/t24-,25+/m1/s1. The lowest BCUT2D eigenvalue weighted by Gasteiger charge is -2.38. The predicted octanol–water partition coefficient (Wildman–Crippen LogP) is 4.11. The van der Waals surface area contributed by atoms with E-state index in [-0.39, 0.29) is 24.0 Å². The van der Waals surface area contributed by atoms with Crippen molar-refractivity contribution in [1.82, 2.24) is 9.55 Å². The second-order valence-corrected chi connectivity index (χ2v) is 8.60. The molecular weight excluding hydrogens is 458 g/mol. The second-order valence-electron chi connectivity index (χ2n) is 8.60. The van der Waals surface area contributed by atoms with Crippen LogP contribution in [0.25, 0.3) is 11.0 Å². The number of para-hydroxylation sites is 2. The van der Waals surface area contributed by atoms with Crippen LogP contribution in [0, 0.1) is 5.92 Å². The first kappa shape index (κ1) is 23.4. The smallest absolute Gasteiger partial charge is 0.321 e. The van der Waals surface area contributed by atoms with Gasteiger partial charge in [-0.05, 0) is 48.7 Å². The Hall–Kier alpha value is -4.33. The van der Waals surface area contributed by atoms with E-state index in [1.165, 1.54) is 13.2 Å². The molecule has 0 bridgehead atoms. The number of aromatic nitrogens is 2. The molecule has 3 aromatic carbocycles. The molecule has 1 aliphatic heterocycles. The minimum Gasteiger partial charge on any atom is -0.504 e. The van der Waals surface area contributed by atoms with Gasteiger partial charge >= 0.3 is 5.97 Å². The van der Waals surface area contributed by atoms with E-state index < -0.39 is 17.9 Å². The van der Waals surface area contributed by atoms with E-state index in [1.807, 2.05) is 59.2 Å². The molecule has 8 heteroatoms. The van der Waals surface area contributed by atoms with Gasteiger partial charge in [0.25, 0.3) is 0 Å². The highest BCUT2D eigenvalue weighted by Gasteiger charge is 2.47. The Labute approximate surface area is 208 Å². The van der Waals surface area contributed by atoms with Gasteiger partial charge < -0.3 is 19.1 Å². The number of ether oxygens (including phenoxy) is 2. The van der Waals surface area contributed by atoms with Crippen molar-refractivity contribution in [3.8, 4) is 11.5 Å². The van der Waals surface area contributed by atoms with E-state index in [0.717, 1.165) is 11.1 Å². The van der Waals surface area contributed by atoms with Crippen LogP contribution < -0.4 is 9.64 Å². The highest BCUT2D eigenvalue weighted by Crippen LogP contribution is 2.43. The zero-order valence-electron chi connectivity index (χ0n) is 20.1. The summed E-state index contributed by atoms with van der Waals surface area (Å²) in [5.41, 5.74) is 3.20. The van der Waals surface area contributed by atoms with Crippen molar-refractivity contribution in [2.24, 2.45) is 5.92 Å². The molecular formula is C28H27N3O5. The fraction of sp³-hybridized carbons (Fsp3) is 0.250. The number of phenolic OH excluding ortho intramolecular Hbond substituents is 1. The summed E-state index contributed by atoms with van der Waals surface area (Å²) < 4.78 is 12.6. The highest BCUT2D eigenvalue weighted by molar-refractivity contribution is 6.08. The molecule has 1 amide bonds. The number of benzene rings is 3. The van der Waals surface area contributed by atoms with E-state index in [2.05, 4.69) is 0 Å². The maximum atomic E-state index is 14.0. The molecule has 2 heterocycles. The van der Waals surface area contributed by atoms with Crippen molar-refractivity contribution in [3.63, 3.8) is 0 Å². The molecule has 0 spiro atoms. The number of fused-ring (bicyclic) bond motifs is 3. The van der Waals surface area contributed by atoms with Crippen LogP contribution >= 0.6 is 0 Å². The Morgan fingerprint density at radius 3 is 2.56 bits per heavy atom. The van der Waals surface area contributed by atoms with Crippen molar-refractivity contribution >= 4 is 28.9 Å². The Morgan fingerprint density at radius 2 is 1.81 bits per heavy atom. The van der Waals surface area contributed by atoms with Crippen LogP contribution in [-0.4, -0.2) is 46.8 Å². The van der Waals surface area contributed by atoms with Crippen LogP contribution in [0.1, 0.15) is 24.1 Å². The van der Waals surface area contributed by atoms with Crippen molar-refractivity contribution in [2.75, 3.05) is 25.2 Å². The SMILES string of the molecule is CCOC(=O)[C@H]1C(=O)N(CCc2ccccc2)c2nc3ccccc3n2[C@H]1c1ccc(O)c(OC)c1. The van der Waals surface area contributed by atoms with E-state index in [4.69, 9.17) is 14.5 Å². The largest absolute Gasteiger partial charge is 0.504 e. The lowest BCUT2D eigenvalue weighted by atomic mass is 9.89. The van der Waals surface area contributed by atoms with Crippen molar-refractivity contribution in [1.29, 1.82) is 0 Å². The summed E-state index contributed by atoms with van der Waals surface area (Å²) in [6, 6.07) is 21.6. The molecule has 1 aromatic heterocycles. The molecule has 2 atom stereocenters. The predicted molar refractivity (Wildman–Crippen MR) is 135 cm³/mol. The van der Waals surface area contributed by atoms with Gasteiger partial charge in [0.05, 0.1) is 30.8 Å². The number of esters is 1. The number of imidazole rings is 1. The van der Waals surface area contributed by atoms with Crippen LogP contribution in [-0.2, 0) is 20.7 Å². The third kappa shape index (κ3) is 4.04. The summed E-state index contributed by atoms with van der Waals surface area (Å²) in [7, 11) is 1.46. The second kappa shape index (κ2) is 9.73. The van der Waals surface area contributed by atoms with Gasteiger partial charge in [-0.2, -0.15) is 0 Å². The van der Waals surface area contributed by atoms with Gasteiger partial charge in [0.1, 0.15) is 0 Å². The zero-order valence-corrected chi connectivity index (χ0v) is 20.1. The molecule has 36 heavy (non-hydrogen) atoms. The molecule has 0 saturated carbocycles. The van der Waals surface area contributed by atoms with Crippen LogP contribution in [0.2, 0.25) is 0 Å². The van der Waals surface area contributed by atoms with Gasteiger partial charge in [-0.15, -0.1) is 0 Å². The molecule has 0 radical (unpaired) electrons. The normalized spacial score (nSPS) is 17.2. The van der Waals surface area contributed by atoms with Gasteiger partial charge in [0.2, 0.25) is 11.9 Å². The Morgan fingerprint density at radius 1 is 1.06 bits per heavy atom. The lowest BCUT2D eigenvalue weighted by Crippen LogP contribution is -2.50. The monoisotopic (exact) mass is 485 g/mol. The number of amides is 1. The lowest BCUT2D eigenvalue weighted by molar-refractivity contribution is -0.153. The van der Waals surface area contributed by atoms with Crippen molar-refractivity contribution < 1.29 is 24.2 Å². The molecule has 184 valence electrons. The average molecular weight is 486 g/mol. The molecule has 0 saturated heterocycles. The summed E-state index contributed by atoms with van der Waals surface area (Å²) in [5, 5.41) is 10.2. The number of phenols is 1. The quantitative estimate of drug-likeness (QED) is 0.313. The number of methoxy groups -OCH3 is 1. The molecule has 1 aliphatic rings. The molecule has 0 aliphatic carbocycles. The first-order chi connectivity index (χ1) is 17.5. The van der Waals surface area contributed by atoms with Gasteiger partial charge in [0.15, 0.2) is 17.4 Å². The fourth-order valence-electron chi connectivity index (χ4n) is 4.82. The van der Waals surface area contributed by atoms with Gasteiger partial charge in [0, 0.05) is 6.54 Å². The number of carbonyl (C=O) groups is 2. The van der Waals surface area contributed by atoms with E-state index >= 15 is 0 Å². The topological polar surface area (TPSA) is 93.9 Å². The van der Waals surface area contributed by atoms with Gasteiger partial charge in [-0.1, -0.05) is 48.5 Å². The van der Waals surface area contributed by atoms with Crippen molar-refractivity contribution in [2.45, 2.75) is 19.4 Å². The summed E-state index contributed by atoms with van der Waals surface area (Å²) >= 11 is 0. The van der Waals surface area contributed by atoms with Crippen LogP contribution in [0.15, 0.2) is 72.8 Å². The number of hydrogen-bond donors (Lipinski definition) is 1. The minimum atomic E-state index is -1.14. The number of nitrogens with zero attached hydrogens (tertiary/aromatic N) is 3. The Balaban J connectivity index is 1.70. The molecule has 5 rings (SSSR count). The summed E-state index contributed by atoms with van der Waals surface area (Å²) in [4.78, 5) is 33.7. The average Bonchev–Trinajstić information content (AvgIpc) is 3.28. The third-order valence-electron chi connectivity index (χ3n) is 6.50. The molecule has 1 N–H and O–H groups in total. The van der Waals surface area contributed by atoms with Crippen LogP contribution in [0.4, 0.5) is 5.95 Å². The maximum Gasteiger partial charge on any atom is 0.321 e. The van der Waals surface area contributed by atoms with Gasteiger partial charge in [-0.3, -0.25) is 14.5 Å². The number of hydrogen-bond acceptors (Lipinski definition) is 6. The summed E-state index contributed by atoms with van der Waals surface area (Å²) in [6.45, 7) is 2.22. The third-order valence-corrected chi connectivity index (χ3v) is 6.50. The number of carbonyl (C=O) groups excluding carboxylic acids is 2. The Kier molecular flexibility index (Phi) is 6.33. The van der Waals surface area contributed by atoms with Gasteiger partial charge in [-0.25, -0.2) is 4.98 Å². The zero-order chi connectivity index (χ0) is 25.2. The number of aromatic hydroxyl groups is 1. The van der Waals surface area contributed by atoms with Crippen LogP contribution in [0.3, 0.4) is 0 Å². The van der Waals surface area contributed by atoms with Crippen LogP contribution in [0.5, 0.6) is 11.5 Å². The van der Waals surface area contributed by atoms with E-state index in [9.17, 15) is 14.7 Å². The summed E-state index contributed by atoms with van der Waals surface area (Å²) in [5.74, 6) is -1.43. The fourth-order valence-corrected chi connectivity index (χ4v) is 4.82. The molecule has 0 unspecified atom stereocenters. The number of rotatable bonds is 7. The van der Waals surface area contributed by atoms with E-state index in [0.29, 0.717) is 30.0 Å². The van der Waals surface area contributed by atoms with E-state index in [1.54, 1.807) is 24.0 Å². The molecule has 0 fully saturated rings. The number of anilines is 1. The first-order valence-corrected chi connectivity index (χ1v) is 11.9. The highest BCUT2D eigenvalue weighted by atomic mass is 16.5. The molecule has 8 nitrogen and oxygen atoms in total. The minimum absolute atomic E-state index is 0.0312.